The Kier molecular flexibility index (Phi) is 5.03. The molecular weight excluding hydrogens is 214 g/mol. The van der Waals surface area contributed by atoms with E-state index in [1.54, 1.807) is 22.5 Å². The Bertz CT molecular complexity index is 314. The molecule has 0 saturated carbocycles. The predicted molar refractivity (Wildman–Crippen MR) is 60.6 cm³/mol. The molecular formula is C9H15N3O2S. The average molecular weight is 229 g/mol. The first-order chi connectivity index (χ1) is 7.22. The minimum Gasteiger partial charge on any atom is -0.469 e. The fraction of sp³-hybridized carbons (Fsp3) is 0.556. The molecule has 0 spiro atoms. The van der Waals surface area contributed by atoms with Gasteiger partial charge in [-0.25, -0.2) is 0 Å². The standard InChI is InChI=1S/C9H15N3O2S/c1-14-9(13)3-6-15-7-5-12-4-2-8(10)11-12/h2,4H,3,5-7H2,1H3,(H2,10,11). The van der Waals surface area contributed by atoms with Gasteiger partial charge in [-0.1, -0.05) is 0 Å². The van der Waals surface area contributed by atoms with E-state index in [4.69, 9.17) is 5.73 Å². The number of carbonyl (C=O) groups excluding carboxylic acids is 1. The van der Waals surface area contributed by atoms with Crippen molar-refractivity contribution >= 4 is 23.5 Å². The van der Waals surface area contributed by atoms with Crippen molar-refractivity contribution in [2.75, 3.05) is 24.3 Å². The first-order valence-electron chi connectivity index (χ1n) is 4.66. The number of hydrogen-bond acceptors (Lipinski definition) is 5. The van der Waals surface area contributed by atoms with Crippen LogP contribution in [-0.2, 0) is 16.1 Å². The van der Waals surface area contributed by atoms with Gasteiger partial charge in [0.15, 0.2) is 0 Å². The van der Waals surface area contributed by atoms with Crippen LogP contribution in [0.1, 0.15) is 6.42 Å². The van der Waals surface area contributed by atoms with Crippen molar-refractivity contribution in [2.45, 2.75) is 13.0 Å². The van der Waals surface area contributed by atoms with Gasteiger partial charge in [-0.15, -0.1) is 0 Å². The summed E-state index contributed by atoms with van der Waals surface area (Å²) in [5.74, 6) is 2.07. The van der Waals surface area contributed by atoms with Crippen molar-refractivity contribution in [1.29, 1.82) is 0 Å². The van der Waals surface area contributed by atoms with Gasteiger partial charge in [0.1, 0.15) is 5.82 Å². The van der Waals surface area contributed by atoms with Crippen LogP contribution in [0.3, 0.4) is 0 Å². The lowest BCUT2D eigenvalue weighted by atomic mass is 10.5. The Morgan fingerprint density at radius 3 is 3.07 bits per heavy atom. The number of ether oxygens (including phenoxy) is 1. The highest BCUT2D eigenvalue weighted by molar-refractivity contribution is 7.99. The number of thioether (sulfide) groups is 1. The lowest BCUT2D eigenvalue weighted by molar-refractivity contribution is -0.140. The van der Waals surface area contributed by atoms with E-state index in [-0.39, 0.29) is 5.97 Å². The molecule has 0 aliphatic rings. The Hall–Kier alpha value is -1.17. The summed E-state index contributed by atoms with van der Waals surface area (Å²) in [5, 5.41) is 4.05. The van der Waals surface area contributed by atoms with Crippen molar-refractivity contribution in [1.82, 2.24) is 9.78 Å². The van der Waals surface area contributed by atoms with Crippen LogP contribution in [-0.4, -0.2) is 34.4 Å². The maximum atomic E-state index is 10.8. The van der Waals surface area contributed by atoms with Crippen molar-refractivity contribution in [3.63, 3.8) is 0 Å². The van der Waals surface area contributed by atoms with Crippen molar-refractivity contribution in [3.05, 3.63) is 12.3 Å². The van der Waals surface area contributed by atoms with Crippen LogP contribution in [0.2, 0.25) is 0 Å². The number of aromatic nitrogens is 2. The number of anilines is 1. The molecule has 0 fully saturated rings. The van der Waals surface area contributed by atoms with Crippen molar-refractivity contribution in [2.24, 2.45) is 0 Å². The molecule has 0 unspecified atom stereocenters. The highest BCUT2D eigenvalue weighted by atomic mass is 32.2. The highest BCUT2D eigenvalue weighted by Crippen LogP contribution is 2.05. The number of nitrogens with zero attached hydrogens (tertiary/aromatic N) is 2. The van der Waals surface area contributed by atoms with Crippen LogP contribution >= 0.6 is 11.8 Å². The van der Waals surface area contributed by atoms with E-state index in [2.05, 4.69) is 9.84 Å². The van der Waals surface area contributed by atoms with E-state index in [1.165, 1.54) is 7.11 Å². The molecule has 0 amide bonds. The fourth-order valence-electron chi connectivity index (χ4n) is 1.02. The van der Waals surface area contributed by atoms with Gasteiger partial charge in [-0.2, -0.15) is 16.9 Å². The predicted octanol–water partition coefficient (Wildman–Crippen LogP) is 0.762. The molecule has 1 rings (SSSR count). The SMILES string of the molecule is COC(=O)CCSCCn1ccc(N)n1. The molecule has 0 bridgehead atoms. The van der Waals surface area contributed by atoms with Gasteiger partial charge in [-0.05, 0) is 6.07 Å². The van der Waals surface area contributed by atoms with Gasteiger partial charge in [-0.3, -0.25) is 9.48 Å². The number of methoxy groups -OCH3 is 1. The molecule has 5 nitrogen and oxygen atoms in total. The molecule has 0 aliphatic carbocycles. The minimum atomic E-state index is -0.161. The summed E-state index contributed by atoms with van der Waals surface area (Å²) in [4.78, 5) is 10.8. The topological polar surface area (TPSA) is 70.1 Å². The lowest BCUT2D eigenvalue weighted by Gasteiger charge is -2.01. The van der Waals surface area contributed by atoms with Gasteiger partial charge < -0.3 is 10.5 Å². The van der Waals surface area contributed by atoms with Crippen LogP contribution < -0.4 is 5.73 Å². The summed E-state index contributed by atoms with van der Waals surface area (Å²) in [5.41, 5.74) is 5.47. The molecule has 1 aromatic rings. The molecule has 1 aromatic heterocycles. The number of hydrogen-bond donors (Lipinski definition) is 1. The minimum absolute atomic E-state index is 0.161. The first kappa shape index (κ1) is 11.9. The Morgan fingerprint density at radius 1 is 1.67 bits per heavy atom. The molecule has 1 heterocycles. The van der Waals surface area contributed by atoms with Crippen LogP contribution in [0.4, 0.5) is 5.82 Å². The molecule has 0 aliphatic heterocycles. The molecule has 15 heavy (non-hydrogen) atoms. The van der Waals surface area contributed by atoms with Crippen LogP contribution in [0.25, 0.3) is 0 Å². The molecule has 0 radical (unpaired) electrons. The van der Waals surface area contributed by atoms with Crippen molar-refractivity contribution < 1.29 is 9.53 Å². The second kappa shape index (κ2) is 6.34. The van der Waals surface area contributed by atoms with Gasteiger partial charge in [0.05, 0.1) is 20.1 Å². The summed E-state index contributed by atoms with van der Waals surface area (Å²) < 4.78 is 6.32. The second-order valence-electron chi connectivity index (χ2n) is 2.94. The van der Waals surface area contributed by atoms with Crippen LogP contribution in [0, 0.1) is 0 Å². The zero-order valence-corrected chi connectivity index (χ0v) is 9.50. The summed E-state index contributed by atoms with van der Waals surface area (Å²) in [6, 6.07) is 1.76. The Labute approximate surface area is 93.0 Å². The molecule has 84 valence electrons. The van der Waals surface area contributed by atoms with E-state index in [0.717, 1.165) is 18.1 Å². The number of nitrogen functional groups attached to an aromatic ring is 1. The van der Waals surface area contributed by atoms with Gasteiger partial charge in [0.25, 0.3) is 0 Å². The normalized spacial score (nSPS) is 10.2. The summed E-state index contributed by atoms with van der Waals surface area (Å²) in [6.07, 6.45) is 2.30. The van der Waals surface area contributed by atoms with E-state index in [9.17, 15) is 4.79 Å². The van der Waals surface area contributed by atoms with Crippen LogP contribution in [0.15, 0.2) is 12.3 Å². The zero-order chi connectivity index (χ0) is 11.1. The van der Waals surface area contributed by atoms with E-state index >= 15 is 0 Å². The first-order valence-corrected chi connectivity index (χ1v) is 5.81. The third kappa shape index (κ3) is 4.73. The van der Waals surface area contributed by atoms with E-state index in [0.29, 0.717) is 12.2 Å². The Morgan fingerprint density at radius 2 is 2.47 bits per heavy atom. The fourth-order valence-corrected chi connectivity index (χ4v) is 1.85. The molecule has 0 saturated heterocycles. The van der Waals surface area contributed by atoms with Gasteiger partial charge in [0, 0.05) is 17.7 Å². The number of carbonyl (C=O) groups is 1. The van der Waals surface area contributed by atoms with Gasteiger partial charge in [0.2, 0.25) is 0 Å². The molecule has 0 atom stereocenters. The smallest absolute Gasteiger partial charge is 0.306 e. The summed E-state index contributed by atoms with van der Waals surface area (Å²) >= 11 is 1.70. The molecule has 0 aromatic carbocycles. The maximum absolute atomic E-state index is 10.8. The van der Waals surface area contributed by atoms with Crippen LogP contribution in [0.5, 0.6) is 0 Å². The highest BCUT2D eigenvalue weighted by Gasteiger charge is 1.99. The third-order valence-corrected chi connectivity index (χ3v) is 2.77. The van der Waals surface area contributed by atoms with E-state index in [1.807, 2.05) is 6.20 Å². The van der Waals surface area contributed by atoms with Crippen molar-refractivity contribution in [3.8, 4) is 0 Å². The monoisotopic (exact) mass is 229 g/mol. The quantitative estimate of drug-likeness (QED) is 0.576. The second-order valence-corrected chi connectivity index (χ2v) is 4.17. The number of aryl methyl sites for hydroxylation is 1. The zero-order valence-electron chi connectivity index (χ0n) is 8.68. The third-order valence-electron chi connectivity index (χ3n) is 1.80. The molecule has 2 N–H and O–H groups in total. The number of nitrogens with two attached hydrogens (primary N) is 1. The van der Waals surface area contributed by atoms with E-state index < -0.39 is 0 Å². The largest absolute Gasteiger partial charge is 0.469 e. The maximum Gasteiger partial charge on any atom is 0.306 e. The number of esters is 1. The summed E-state index contributed by atoms with van der Waals surface area (Å²) in [7, 11) is 1.40. The molecule has 6 heteroatoms. The average Bonchev–Trinajstić information content (AvgIpc) is 2.63. The van der Waals surface area contributed by atoms with Gasteiger partial charge >= 0.3 is 5.97 Å². The number of rotatable bonds is 6. The summed E-state index contributed by atoms with van der Waals surface area (Å²) in [6.45, 7) is 0.809. The lowest BCUT2D eigenvalue weighted by Crippen LogP contribution is -2.04. The Balaban J connectivity index is 2.05.